The van der Waals surface area contributed by atoms with Gasteiger partial charge in [0.05, 0.1) is 0 Å². The molecule has 1 rings (SSSR count). The SMILES string of the molecule is CC(=O)N[C@@H](C(=O)N[C@@H](Cc1ccccc1)C(N)=O)C(C)C. The Morgan fingerprint density at radius 2 is 1.68 bits per heavy atom. The molecule has 0 spiro atoms. The first-order valence-corrected chi connectivity index (χ1v) is 7.22. The van der Waals surface area contributed by atoms with Crippen molar-refractivity contribution in [3.63, 3.8) is 0 Å². The molecule has 0 fully saturated rings. The summed E-state index contributed by atoms with van der Waals surface area (Å²) in [6.45, 7) is 4.98. The van der Waals surface area contributed by atoms with E-state index in [1.165, 1.54) is 6.92 Å². The fourth-order valence-corrected chi connectivity index (χ4v) is 2.09. The highest BCUT2D eigenvalue weighted by Gasteiger charge is 2.27. The van der Waals surface area contributed by atoms with Crippen molar-refractivity contribution in [1.82, 2.24) is 10.6 Å². The van der Waals surface area contributed by atoms with E-state index in [0.717, 1.165) is 5.56 Å². The summed E-state index contributed by atoms with van der Waals surface area (Å²) in [7, 11) is 0. The zero-order valence-electron chi connectivity index (χ0n) is 13.1. The Labute approximate surface area is 130 Å². The molecule has 1 aromatic carbocycles. The molecule has 2 atom stereocenters. The number of nitrogens with one attached hydrogen (secondary N) is 2. The first-order valence-electron chi connectivity index (χ1n) is 7.22. The van der Waals surface area contributed by atoms with Crippen molar-refractivity contribution in [2.75, 3.05) is 0 Å². The van der Waals surface area contributed by atoms with Gasteiger partial charge in [-0.1, -0.05) is 44.2 Å². The maximum atomic E-state index is 12.3. The van der Waals surface area contributed by atoms with Crippen molar-refractivity contribution in [2.45, 2.75) is 39.3 Å². The predicted octanol–water partition coefficient (Wildman–Crippen LogP) is 0.360. The lowest BCUT2D eigenvalue weighted by molar-refractivity contribution is -0.131. The number of amides is 3. The largest absolute Gasteiger partial charge is 0.368 e. The molecule has 0 aromatic heterocycles. The standard InChI is InChI=1S/C16H23N3O3/c1-10(2)14(18-11(3)20)16(22)19-13(15(17)21)9-12-7-5-4-6-8-12/h4-8,10,13-14H,9H2,1-3H3,(H2,17,21)(H,18,20)(H,19,22)/t13-,14+/m0/s1. The van der Waals surface area contributed by atoms with Gasteiger partial charge < -0.3 is 16.4 Å². The number of carbonyl (C=O) groups excluding carboxylic acids is 3. The van der Waals surface area contributed by atoms with Gasteiger partial charge in [-0.2, -0.15) is 0 Å². The van der Waals surface area contributed by atoms with E-state index >= 15 is 0 Å². The second-order valence-corrected chi connectivity index (χ2v) is 5.58. The van der Waals surface area contributed by atoms with Crippen LogP contribution in [0.2, 0.25) is 0 Å². The zero-order chi connectivity index (χ0) is 16.7. The van der Waals surface area contributed by atoms with E-state index in [0.29, 0.717) is 6.42 Å². The molecule has 6 nitrogen and oxygen atoms in total. The highest BCUT2D eigenvalue weighted by molar-refractivity contribution is 5.91. The summed E-state index contributed by atoms with van der Waals surface area (Å²) >= 11 is 0. The summed E-state index contributed by atoms with van der Waals surface area (Å²) in [5.74, 6) is -1.42. The molecule has 0 saturated heterocycles. The second kappa shape index (κ2) is 8.17. The normalized spacial score (nSPS) is 13.3. The van der Waals surface area contributed by atoms with E-state index in [9.17, 15) is 14.4 Å². The van der Waals surface area contributed by atoms with Crippen LogP contribution in [0.25, 0.3) is 0 Å². The van der Waals surface area contributed by atoms with Crippen LogP contribution in [-0.2, 0) is 20.8 Å². The first-order chi connectivity index (χ1) is 10.3. The number of hydrogen-bond donors (Lipinski definition) is 3. The Morgan fingerprint density at radius 3 is 2.14 bits per heavy atom. The minimum atomic E-state index is -0.815. The van der Waals surface area contributed by atoms with Crippen LogP contribution in [0.1, 0.15) is 26.3 Å². The van der Waals surface area contributed by atoms with Crippen LogP contribution < -0.4 is 16.4 Å². The molecule has 0 bridgehead atoms. The summed E-state index contributed by atoms with van der Waals surface area (Å²) in [5, 5.41) is 5.21. The molecule has 120 valence electrons. The molecule has 0 aliphatic heterocycles. The molecular formula is C16H23N3O3. The number of hydrogen-bond acceptors (Lipinski definition) is 3. The van der Waals surface area contributed by atoms with Crippen LogP contribution in [0.5, 0.6) is 0 Å². The summed E-state index contributed by atoms with van der Waals surface area (Å²) in [5.41, 5.74) is 6.26. The molecule has 1 aromatic rings. The van der Waals surface area contributed by atoms with Crippen LogP contribution in [0, 0.1) is 5.92 Å². The molecule has 4 N–H and O–H groups in total. The highest BCUT2D eigenvalue weighted by Crippen LogP contribution is 2.06. The maximum absolute atomic E-state index is 12.3. The van der Waals surface area contributed by atoms with Gasteiger partial charge in [0.1, 0.15) is 12.1 Å². The summed E-state index contributed by atoms with van der Waals surface area (Å²) < 4.78 is 0. The number of primary amides is 1. The Bertz CT molecular complexity index is 529. The van der Waals surface area contributed by atoms with E-state index in [2.05, 4.69) is 10.6 Å². The zero-order valence-corrected chi connectivity index (χ0v) is 13.1. The molecule has 6 heteroatoms. The topological polar surface area (TPSA) is 101 Å². The summed E-state index contributed by atoms with van der Waals surface area (Å²) in [4.78, 5) is 35.1. The summed E-state index contributed by atoms with van der Waals surface area (Å²) in [6, 6.07) is 7.77. The van der Waals surface area contributed by atoms with Crippen molar-refractivity contribution in [1.29, 1.82) is 0 Å². The van der Waals surface area contributed by atoms with Crippen molar-refractivity contribution in [3.8, 4) is 0 Å². The van der Waals surface area contributed by atoms with Gasteiger partial charge in [-0.3, -0.25) is 14.4 Å². The molecule has 0 radical (unpaired) electrons. The molecule has 0 heterocycles. The lowest BCUT2D eigenvalue weighted by Crippen LogP contribution is -2.55. The average Bonchev–Trinajstić information content (AvgIpc) is 2.44. The Balaban J connectivity index is 2.78. The van der Waals surface area contributed by atoms with E-state index in [-0.39, 0.29) is 11.8 Å². The van der Waals surface area contributed by atoms with E-state index in [4.69, 9.17) is 5.73 Å². The van der Waals surface area contributed by atoms with Gasteiger partial charge in [0.25, 0.3) is 0 Å². The molecular weight excluding hydrogens is 282 g/mol. The van der Waals surface area contributed by atoms with Crippen LogP contribution in [0.15, 0.2) is 30.3 Å². The van der Waals surface area contributed by atoms with Crippen LogP contribution in [-0.4, -0.2) is 29.8 Å². The third kappa shape index (κ3) is 5.55. The van der Waals surface area contributed by atoms with Gasteiger partial charge >= 0.3 is 0 Å². The Kier molecular flexibility index (Phi) is 6.56. The van der Waals surface area contributed by atoms with Gasteiger partial charge in [0.15, 0.2) is 0 Å². The molecule has 22 heavy (non-hydrogen) atoms. The average molecular weight is 305 g/mol. The Hall–Kier alpha value is -2.37. The second-order valence-electron chi connectivity index (χ2n) is 5.58. The van der Waals surface area contributed by atoms with Gasteiger partial charge in [-0.15, -0.1) is 0 Å². The molecule has 3 amide bonds. The van der Waals surface area contributed by atoms with Gasteiger partial charge in [-0.25, -0.2) is 0 Å². The van der Waals surface area contributed by atoms with Crippen molar-refractivity contribution in [3.05, 3.63) is 35.9 Å². The lowest BCUT2D eigenvalue weighted by Gasteiger charge is -2.24. The first kappa shape index (κ1) is 17.7. The molecule has 0 aliphatic rings. The third-order valence-corrected chi connectivity index (χ3v) is 3.25. The fraction of sp³-hybridized carbons (Fsp3) is 0.438. The summed E-state index contributed by atoms with van der Waals surface area (Å²) in [6.07, 6.45) is 0.312. The van der Waals surface area contributed by atoms with Crippen LogP contribution in [0.4, 0.5) is 0 Å². The van der Waals surface area contributed by atoms with Crippen LogP contribution in [0.3, 0.4) is 0 Å². The molecule has 0 unspecified atom stereocenters. The molecule has 0 saturated carbocycles. The van der Waals surface area contributed by atoms with Crippen molar-refractivity contribution in [2.24, 2.45) is 11.7 Å². The van der Waals surface area contributed by atoms with Gasteiger partial charge in [0, 0.05) is 13.3 Å². The number of nitrogens with two attached hydrogens (primary N) is 1. The van der Waals surface area contributed by atoms with Gasteiger partial charge in [0.2, 0.25) is 17.7 Å². The maximum Gasteiger partial charge on any atom is 0.243 e. The Morgan fingerprint density at radius 1 is 1.09 bits per heavy atom. The quantitative estimate of drug-likeness (QED) is 0.678. The van der Waals surface area contributed by atoms with Crippen molar-refractivity contribution < 1.29 is 14.4 Å². The van der Waals surface area contributed by atoms with E-state index in [1.54, 1.807) is 0 Å². The van der Waals surface area contributed by atoms with Crippen molar-refractivity contribution >= 4 is 17.7 Å². The predicted molar refractivity (Wildman–Crippen MR) is 83.7 cm³/mol. The number of rotatable bonds is 7. The fourth-order valence-electron chi connectivity index (χ4n) is 2.09. The van der Waals surface area contributed by atoms with E-state index in [1.807, 2.05) is 44.2 Å². The monoisotopic (exact) mass is 305 g/mol. The van der Waals surface area contributed by atoms with Crippen LogP contribution >= 0.6 is 0 Å². The number of benzene rings is 1. The minimum Gasteiger partial charge on any atom is -0.368 e. The smallest absolute Gasteiger partial charge is 0.243 e. The highest BCUT2D eigenvalue weighted by atomic mass is 16.2. The van der Waals surface area contributed by atoms with E-state index < -0.39 is 23.9 Å². The minimum absolute atomic E-state index is 0.103. The third-order valence-electron chi connectivity index (χ3n) is 3.25. The number of carbonyl (C=O) groups is 3. The lowest BCUT2D eigenvalue weighted by atomic mass is 10.0. The van der Waals surface area contributed by atoms with Gasteiger partial charge in [-0.05, 0) is 11.5 Å². The molecule has 0 aliphatic carbocycles.